The normalized spacial score (nSPS) is 26.4. The van der Waals surface area contributed by atoms with Gasteiger partial charge < -0.3 is 10.1 Å². The summed E-state index contributed by atoms with van der Waals surface area (Å²) in [5, 5.41) is 3.29. The highest BCUT2D eigenvalue weighted by molar-refractivity contribution is 4.80. The van der Waals surface area contributed by atoms with Crippen LogP contribution in [0.25, 0.3) is 0 Å². The molecule has 3 heteroatoms. The summed E-state index contributed by atoms with van der Waals surface area (Å²) in [5.41, 5.74) is 0. The monoisotopic (exact) mass is 200 g/mol. The molecule has 1 N–H and O–H groups in total. The maximum absolute atomic E-state index is 5.46. The van der Waals surface area contributed by atoms with Crippen molar-refractivity contribution in [3.8, 4) is 0 Å². The number of ether oxygens (including phenoxy) is 1. The minimum Gasteiger partial charge on any atom is -0.379 e. The number of likely N-dealkylation sites (N-methyl/N-ethyl adjacent to an activating group) is 1. The third kappa shape index (κ3) is 3.23. The van der Waals surface area contributed by atoms with E-state index in [1.54, 1.807) is 0 Å². The van der Waals surface area contributed by atoms with Gasteiger partial charge in [-0.2, -0.15) is 0 Å². The molecule has 0 aromatic heterocycles. The van der Waals surface area contributed by atoms with Crippen molar-refractivity contribution in [1.82, 2.24) is 10.2 Å². The lowest BCUT2D eigenvalue weighted by atomic mass is 10.1. The van der Waals surface area contributed by atoms with E-state index in [2.05, 4.69) is 24.1 Å². The Morgan fingerprint density at radius 2 is 2.36 bits per heavy atom. The lowest BCUT2D eigenvalue weighted by Gasteiger charge is -2.39. The number of morpholine rings is 1. The zero-order valence-corrected chi connectivity index (χ0v) is 9.75. The molecule has 0 saturated carbocycles. The lowest BCUT2D eigenvalue weighted by molar-refractivity contribution is -0.0231. The molecule has 0 aromatic rings. The minimum absolute atomic E-state index is 0.577. The van der Waals surface area contributed by atoms with Crippen LogP contribution in [0.15, 0.2) is 0 Å². The summed E-state index contributed by atoms with van der Waals surface area (Å²) in [6.07, 6.45) is 2.54. The molecule has 1 saturated heterocycles. The Labute approximate surface area is 87.8 Å². The molecule has 0 spiro atoms. The summed E-state index contributed by atoms with van der Waals surface area (Å²) in [6, 6.07) is 1.26. The second-order valence-corrected chi connectivity index (χ2v) is 4.16. The summed E-state index contributed by atoms with van der Waals surface area (Å²) in [6.45, 7) is 8.50. The fourth-order valence-corrected chi connectivity index (χ4v) is 2.24. The highest BCUT2D eigenvalue weighted by Gasteiger charge is 2.25. The number of rotatable bonds is 5. The maximum atomic E-state index is 5.46. The van der Waals surface area contributed by atoms with Crippen molar-refractivity contribution in [1.29, 1.82) is 0 Å². The van der Waals surface area contributed by atoms with Crippen molar-refractivity contribution in [3.63, 3.8) is 0 Å². The molecule has 3 nitrogen and oxygen atoms in total. The Kier molecular flexibility index (Phi) is 5.45. The Bertz CT molecular complexity index is 146. The molecule has 2 atom stereocenters. The van der Waals surface area contributed by atoms with Crippen molar-refractivity contribution < 1.29 is 4.74 Å². The Morgan fingerprint density at radius 1 is 1.57 bits per heavy atom. The summed E-state index contributed by atoms with van der Waals surface area (Å²) in [4.78, 5) is 2.59. The van der Waals surface area contributed by atoms with E-state index in [4.69, 9.17) is 4.74 Å². The van der Waals surface area contributed by atoms with Crippen LogP contribution in [0.1, 0.15) is 26.7 Å². The van der Waals surface area contributed by atoms with E-state index in [0.717, 1.165) is 26.3 Å². The molecule has 2 unspecified atom stereocenters. The van der Waals surface area contributed by atoms with Crippen LogP contribution in [0, 0.1) is 0 Å². The Hall–Kier alpha value is -0.120. The van der Waals surface area contributed by atoms with E-state index in [-0.39, 0.29) is 0 Å². The molecule has 14 heavy (non-hydrogen) atoms. The van der Waals surface area contributed by atoms with Crippen LogP contribution < -0.4 is 5.32 Å². The average molecular weight is 200 g/mol. The molecule has 0 radical (unpaired) electrons. The molecule has 0 aromatic carbocycles. The Morgan fingerprint density at radius 3 is 2.93 bits per heavy atom. The lowest BCUT2D eigenvalue weighted by Crippen LogP contribution is -2.52. The first-order chi connectivity index (χ1) is 6.79. The average Bonchev–Trinajstić information content (AvgIpc) is 2.18. The molecule has 0 aliphatic carbocycles. The largest absolute Gasteiger partial charge is 0.379 e. The molecule has 1 heterocycles. The molecule has 1 aliphatic heterocycles. The predicted octanol–water partition coefficient (Wildman–Crippen LogP) is 1.10. The molecule has 1 rings (SSSR count). The van der Waals surface area contributed by atoms with Gasteiger partial charge in [0.05, 0.1) is 13.2 Å². The van der Waals surface area contributed by atoms with Gasteiger partial charge in [0, 0.05) is 25.2 Å². The van der Waals surface area contributed by atoms with Gasteiger partial charge in [-0.25, -0.2) is 0 Å². The first kappa shape index (κ1) is 12.0. The van der Waals surface area contributed by atoms with Crippen molar-refractivity contribution in [2.24, 2.45) is 0 Å². The predicted molar refractivity (Wildman–Crippen MR) is 59.6 cm³/mol. The van der Waals surface area contributed by atoms with Gasteiger partial charge >= 0.3 is 0 Å². The van der Waals surface area contributed by atoms with Gasteiger partial charge in [-0.15, -0.1) is 0 Å². The van der Waals surface area contributed by atoms with Crippen molar-refractivity contribution in [2.75, 3.05) is 33.4 Å². The van der Waals surface area contributed by atoms with Crippen LogP contribution >= 0.6 is 0 Å². The van der Waals surface area contributed by atoms with Crippen molar-refractivity contribution in [2.45, 2.75) is 38.8 Å². The van der Waals surface area contributed by atoms with E-state index >= 15 is 0 Å². The highest BCUT2D eigenvalue weighted by Crippen LogP contribution is 2.14. The van der Waals surface area contributed by atoms with E-state index in [0.29, 0.717) is 12.1 Å². The third-order valence-corrected chi connectivity index (χ3v) is 2.95. The zero-order chi connectivity index (χ0) is 10.4. The number of hydrogen-bond donors (Lipinski definition) is 1. The second-order valence-electron chi connectivity index (χ2n) is 4.16. The fourth-order valence-electron chi connectivity index (χ4n) is 2.24. The summed E-state index contributed by atoms with van der Waals surface area (Å²) >= 11 is 0. The number of nitrogens with zero attached hydrogens (tertiary/aromatic N) is 1. The first-order valence-electron chi connectivity index (χ1n) is 5.77. The van der Waals surface area contributed by atoms with Gasteiger partial charge in [0.15, 0.2) is 0 Å². The summed E-state index contributed by atoms with van der Waals surface area (Å²) in [5.74, 6) is 0. The molecule has 1 fully saturated rings. The zero-order valence-electron chi connectivity index (χ0n) is 9.75. The van der Waals surface area contributed by atoms with Gasteiger partial charge in [-0.3, -0.25) is 4.90 Å². The van der Waals surface area contributed by atoms with Crippen LogP contribution in [0.2, 0.25) is 0 Å². The van der Waals surface area contributed by atoms with Crippen LogP contribution in [0.3, 0.4) is 0 Å². The van der Waals surface area contributed by atoms with Crippen LogP contribution in [-0.4, -0.2) is 50.3 Å². The number of nitrogens with one attached hydrogen (secondary N) is 1. The van der Waals surface area contributed by atoms with E-state index in [1.807, 2.05) is 7.05 Å². The van der Waals surface area contributed by atoms with Gasteiger partial charge in [0.1, 0.15) is 0 Å². The van der Waals surface area contributed by atoms with Crippen LogP contribution in [-0.2, 0) is 4.74 Å². The maximum Gasteiger partial charge on any atom is 0.0619 e. The third-order valence-electron chi connectivity index (χ3n) is 2.95. The molecule has 84 valence electrons. The minimum atomic E-state index is 0.577. The molecular weight excluding hydrogens is 176 g/mol. The molecule has 1 aliphatic rings. The van der Waals surface area contributed by atoms with Crippen molar-refractivity contribution >= 4 is 0 Å². The molecule has 0 bridgehead atoms. The van der Waals surface area contributed by atoms with Crippen molar-refractivity contribution in [3.05, 3.63) is 0 Å². The standard InChI is InChI=1S/C11H24N2O/c1-4-5-11(8-12-3)13-6-7-14-9-10(13)2/h10-12H,4-9H2,1-3H3. The van der Waals surface area contributed by atoms with Gasteiger partial charge in [-0.1, -0.05) is 13.3 Å². The molecule has 0 amide bonds. The van der Waals surface area contributed by atoms with Crippen LogP contribution in [0.4, 0.5) is 0 Å². The quantitative estimate of drug-likeness (QED) is 0.719. The first-order valence-corrected chi connectivity index (χ1v) is 5.77. The smallest absolute Gasteiger partial charge is 0.0619 e. The van der Waals surface area contributed by atoms with E-state index < -0.39 is 0 Å². The summed E-state index contributed by atoms with van der Waals surface area (Å²) < 4.78 is 5.46. The van der Waals surface area contributed by atoms with Gasteiger partial charge in [-0.05, 0) is 20.4 Å². The SMILES string of the molecule is CCCC(CNC)N1CCOCC1C. The topological polar surface area (TPSA) is 24.5 Å². The van der Waals surface area contributed by atoms with E-state index in [9.17, 15) is 0 Å². The fraction of sp³-hybridized carbons (Fsp3) is 1.00. The van der Waals surface area contributed by atoms with Crippen LogP contribution in [0.5, 0.6) is 0 Å². The van der Waals surface area contributed by atoms with E-state index in [1.165, 1.54) is 12.8 Å². The van der Waals surface area contributed by atoms with Gasteiger partial charge in [0.2, 0.25) is 0 Å². The molecular formula is C11H24N2O. The summed E-state index contributed by atoms with van der Waals surface area (Å²) in [7, 11) is 2.04. The number of hydrogen-bond acceptors (Lipinski definition) is 3. The highest BCUT2D eigenvalue weighted by atomic mass is 16.5. The second kappa shape index (κ2) is 6.38. The Balaban J connectivity index is 2.46. The van der Waals surface area contributed by atoms with Gasteiger partial charge in [0.25, 0.3) is 0 Å².